The van der Waals surface area contributed by atoms with Crippen LogP contribution in [0.1, 0.15) is 12.8 Å². The van der Waals surface area contributed by atoms with E-state index in [4.69, 9.17) is 5.11 Å². The van der Waals surface area contributed by atoms with E-state index < -0.39 is 6.09 Å². The zero-order valence-electron chi connectivity index (χ0n) is 5.13. The quantitative estimate of drug-likeness (QED) is 0.615. The van der Waals surface area contributed by atoms with Crippen molar-refractivity contribution in [3.63, 3.8) is 0 Å². The van der Waals surface area contributed by atoms with Crippen LogP contribution in [0.2, 0.25) is 0 Å². The molecule has 10 heavy (non-hydrogen) atoms. The molecule has 1 fully saturated rings. The molecule has 1 saturated heterocycles. The number of nitrogens with zero attached hydrogens (tertiary/aromatic N) is 1. The van der Waals surface area contributed by atoms with E-state index in [1.54, 1.807) is 0 Å². The van der Waals surface area contributed by atoms with Crippen molar-refractivity contribution in [3.05, 3.63) is 0 Å². The van der Waals surface area contributed by atoms with E-state index in [1.807, 2.05) is 0 Å². The molecule has 1 N–H and O–H groups in total. The van der Waals surface area contributed by atoms with E-state index in [0.29, 0.717) is 19.4 Å². The molecule has 0 spiro atoms. The van der Waals surface area contributed by atoms with Crippen LogP contribution in [0, 0.1) is 0 Å². The summed E-state index contributed by atoms with van der Waals surface area (Å²) in [4.78, 5) is 21.5. The number of hydrogen-bond donors (Lipinski definition) is 1. The van der Waals surface area contributed by atoms with Gasteiger partial charge >= 0.3 is 6.09 Å². The monoisotopic (exact) mass is 236 g/mol. The Labute approximate surface area is 73.7 Å². The Balaban J connectivity index is 0.000000810. The fourth-order valence-corrected chi connectivity index (χ4v) is 0.850. The molecule has 1 rings (SSSR count). The molecular formula is C5H7AgNO3. The molecule has 0 unspecified atom stereocenters. The van der Waals surface area contributed by atoms with Crippen molar-refractivity contribution < 1.29 is 37.1 Å². The first kappa shape index (κ1) is 9.68. The number of imide groups is 1. The summed E-state index contributed by atoms with van der Waals surface area (Å²) in [5, 5.41) is 8.29. The molecule has 2 amide bonds. The van der Waals surface area contributed by atoms with Gasteiger partial charge in [-0.2, -0.15) is 0 Å². The maximum atomic E-state index is 10.6. The minimum Gasteiger partial charge on any atom is -0.465 e. The van der Waals surface area contributed by atoms with E-state index in [9.17, 15) is 9.59 Å². The number of amides is 2. The van der Waals surface area contributed by atoms with E-state index in [0.717, 1.165) is 4.90 Å². The third-order valence-corrected chi connectivity index (χ3v) is 1.30. The van der Waals surface area contributed by atoms with Crippen LogP contribution in [0.15, 0.2) is 0 Å². The van der Waals surface area contributed by atoms with Gasteiger partial charge in [0.15, 0.2) is 0 Å². The zero-order valence-corrected chi connectivity index (χ0v) is 6.62. The molecule has 0 aromatic rings. The minimum atomic E-state index is -1.13. The van der Waals surface area contributed by atoms with Crippen molar-refractivity contribution >= 4 is 12.0 Å². The van der Waals surface area contributed by atoms with Crippen LogP contribution in [-0.4, -0.2) is 28.6 Å². The summed E-state index contributed by atoms with van der Waals surface area (Å²) in [5.74, 6) is -0.275. The number of carbonyl (C=O) groups excluding carboxylic acids is 1. The molecule has 0 aromatic heterocycles. The summed E-state index contributed by atoms with van der Waals surface area (Å²) in [6, 6.07) is 0. The van der Waals surface area contributed by atoms with Crippen molar-refractivity contribution in [1.29, 1.82) is 0 Å². The summed E-state index contributed by atoms with van der Waals surface area (Å²) in [6.45, 7) is 0.369. The van der Waals surface area contributed by atoms with Gasteiger partial charge in [0, 0.05) is 35.3 Å². The van der Waals surface area contributed by atoms with E-state index in [1.165, 1.54) is 0 Å². The summed E-state index contributed by atoms with van der Waals surface area (Å²) < 4.78 is 0. The Kier molecular flexibility index (Phi) is 3.63. The summed E-state index contributed by atoms with van der Waals surface area (Å²) in [7, 11) is 0. The average molecular weight is 237 g/mol. The first-order valence-electron chi connectivity index (χ1n) is 2.75. The summed E-state index contributed by atoms with van der Waals surface area (Å²) >= 11 is 0. The largest absolute Gasteiger partial charge is 0.465 e. The van der Waals surface area contributed by atoms with E-state index >= 15 is 0 Å². The van der Waals surface area contributed by atoms with E-state index in [-0.39, 0.29) is 28.3 Å². The van der Waals surface area contributed by atoms with Crippen LogP contribution in [0.25, 0.3) is 0 Å². The fraction of sp³-hybridized carbons (Fsp3) is 0.600. The smallest absolute Gasteiger partial charge is 0.414 e. The van der Waals surface area contributed by atoms with Crippen LogP contribution < -0.4 is 0 Å². The zero-order chi connectivity index (χ0) is 6.85. The van der Waals surface area contributed by atoms with Gasteiger partial charge in [0.1, 0.15) is 0 Å². The molecule has 0 atom stereocenters. The molecule has 61 valence electrons. The average Bonchev–Trinajstić information content (AvgIpc) is 2.13. The minimum absolute atomic E-state index is 0. The third kappa shape index (κ3) is 1.83. The maximum Gasteiger partial charge on any atom is 0.414 e. The van der Waals surface area contributed by atoms with Crippen molar-refractivity contribution in [2.75, 3.05) is 6.54 Å². The van der Waals surface area contributed by atoms with Crippen molar-refractivity contribution in [3.8, 4) is 0 Å². The number of likely N-dealkylation sites (tertiary alicyclic amines) is 1. The molecule has 4 nitrogen and oxygen atoms in total. The number of rotatable bonds is 0. The van der Waals surface area contributed by atoms with Gasteiger partial charge in [0.25, 0.3) is 0 Å². The topological polar surface area (TPSA) is 57.6 Å². The standard InChI is InChI=1S/C5H7NO3.Ag/c7-4-2-1-3-6(4)5(8)9;/h1-3H2,(H,8,9);. The van der Waals surface area contributed by atoms with Gasteiger partial charge < -0.3 is 5.11 Å². The van der Waals surface area contributed by atoms with Crippen LogP contribution >= 0.6 is 0 Å². The van der Waals surface area contributed by atoms with E-state index in [2.05, 4.69) is 0 Å². The molecule has 0 saturated carbocycles. The van der Waals surface area contributed by atoms with Crippen LogP contribution in [0.4, 0.5) is 4.79 Å². The Morgan fingerprint density at radius 1 is 1.60 bits per heavy atom. The normalized spacial score (nSPS) is 16.8. The first-order chi connectivity index (χ1) is 4.22. The molecule has 1 heterocycles. The van der Waals surface area contributed by atoms with Crippen LogP contribution in [-0.2, 0) is 27.2 Å². The summed E-state index contributed by atoms with van der Waals surface area (Å²) in [5.41, 5.74) is 0. The van der Waals surface area contributed by atoms with Gasteiger partial charge in [-0.15, -0.1) is 0 Å². The van der Waals surface area contributed by atoms with Gasteiger partial charge in [0.05, 0.1) is 0 Å². The van der Waals surface area contributed by atoms with Gasteiger partial charge in [-0.25, -0.2) is 9.69 Å². The molecule has 1 aliphatic rings. The Hall–Kier alpha value is -0.320. The fourth-order valence-electron chi connectivity index (χ4n) is 0.850. The molecule has 0 aromatic carbocycles. The Morgan fingerprint density at radius 3 is 2.40 bits per heavy atom. The second kappa shape index (κ2) is 3.75. The predicted octanol–water partition coefficient (Wildman–Crippen LogP) is 0.284. The Morgan fingerprint density at radius 2 is 2.20 bits per heavy atom. The molecule has 0 aliphatic carbocycles. The number of carbonyl (C=O) groups is 2. The third-order valence-electron chi connectivity index (χ3n) is 1.30. The van der Waals surface area contributed by atoms with Crippen molar-refractivity contribution in [1.82, 2.24) is 4.90 Å². The Bertz CT molecular complexity index is 159. The van der Waals surface area contributed by atoms with Gasteiger partial charge in [-0.1, -0.05) is 0 Å². The second-order valence-electron chi connectivity index (χ2n) is 1.93. The SMILES string of the molecule is O=C(O)N1CCCC1=O.[Ag]. The van der Waals surface area contributed by atoms with Crippen molar-refractivity contribution in [2.45, 2.75) is 12.8 Å². The van der Waals surface area contributed by atoms with Gasteiger partial charge in [0.2, 0.25) is 5.91 Å². The first-order valence-corrected chi connectivity index (χ1v) is 2.75. The molecular weight excluding hydrogens is 230 g/mol. The van der Waals surface area contributed by atoms with Crippen molar-refractivity contribution in [2.24, 2.45) is 0 Å². The molecule has 0 bridgehead atoms. The number of carboxylic acid groups (broad SMARTS) is 1. The van der Waals surface area contributed by atoms with Gasteiger partial charge in [-0.05, 0) is 6.42 Å². The maximum absolute atomic E-state index is 10.6. The molecule has 5 heteroatoms. The molecule has 1 aliphatic heterocycles. The second-order valence-corrected chi connectivity index (χ2v) is 1.93. The van der Waals surface area contributed by atoms with Crippen LogP contribution in [0.3, 0.4) is 0 Å². The van der Waals surface area contributed by atoms with Crippen LogP contribution in [0.5, 0.6) is 0 Å². The molecule has 1 radical (unpaired) electrons. The summed E-state index contributed by atoms with van der Waals surface area (Å²) in [6.07, 6.45) is -0.0743. The van der Waals surface area contributed by atoms with Gasteiger partial charge in [-0.3, -0.25) is 4.79 Å². The number of hydrogen-bond acceptors (Lipinski definition) is 2. The predicted molar refractivity (Wildman–Crippen MR) is 29.0 cm³/mol.